The Morgan fingerprint density at radius 1 is 1.05 bits per heavy atom. The standard InChI is InChI=1S/C18H28N2O/c19-20-17(15-7-3-1-4-8-15)18(11-13-21-14-12-18)16-9-5-2-6-10-16/h2,5-6,9-10,15,17,20H,1,3-4,7-8,11-14,19H2. The first-order valence-corrected chi connectivity index (χ1v) is 8.46. The third-order valence-electron chi connectivity index (χ3n) is 5.63. The molecule has 0 spiro atoms. The third kappa shape index (κ3) is 3.01. The van der Waals surface area contributed by atoms with Crippen LogP contribution in [0.2, 0.25) is 0 Å². The smallest absolute Gasteiger partial charge is 0.0475 e. The highest BCUT2D eigenvalue weighted by Gasteiger charge is 2.44. The fraction of sp³-hybridized carbons (Fsp3) is 0.667. The maximum absolute atomic E-state index is 6.07. The van der Waals surface area contributed by atoms with Crippen molar-refractivity contribution >= 4 is 0 Å². The van der Waals surface area contributed by atoms with Crippen LogP contribution in [-0.2, 0) is 10.2 Å². The molecule has 21 heavy (non-hydrogen) atoms. The van der Waals surface area contributed by atoms with E-state index in [-0.39, 0.29) is 5.41 Å². The van der Waals surface area contributed by atoms with Crippen molar-refractivity contribution in [1.82, 2.24) is 5.43 Å². The molecule has 1 unspecified atom stereocenters. The van der Waals surface area contributed by atoms with Gasteiger partial charge in [0.2, 0.25) is 0 Å². The molecule has 0 aromatic heterocycles. The first kappa shape index (κ1) is 15.0. The van der Waals surface area contributed by atoms with Crippen LogP contribution in [-0.4, -0.2) is 19.3 Å². The van der Waals surface area contributed by atoms with Gasteiger partial charge in [-0.05, 0) is 37.2 Å². The van der Waals surface area contributed by atoms with Gasteiger partial charge in [0.25, 0.3) is 0 Å². The maximum Gasteiger partial charge on any atom is 0.0475 e. The molecule has 2 aliphatic rings. The van der Waals surface area contributed by atoms with E-state index in [0.717, 1.165) is 26.1 Å². The lowest BCUT2D eigenvalue weighted by Crippen LogP contribution is -2.57. The lowest BCUT2D eigenvalue weighted by Gasteiger charge is -2.47. The fourth-order valence-electron chi connectivity index (χ4n) is 4.50. The van der Waals surface area contributed by atoms with Gasteiger partial charge in [-0.1, -0.05) is 49.6 Å². The molecule has 1 aliphatic carbocycles. The molecule has 1 atom stereocenters. The molecule has 3 rings (SSSR count). The highest BCUT2D eigenvalue weighted by Crippen LogP contribution is 2.43. The van der Waals surface area contributed by atoms with Gasteiger partial charge in [-0.2, -0.15) is 0 Å². The number of hydrogen-bond acceptors (Lipinski definition) is 3. The summed E-state index contributed by atoms with van der Waals surface area (Å²) in [4.78, 5) is 0. The van der Waals surface area contributed by atoms with Crippen LogP contribution in [0.5, 0.6) is 0 Å². The van der Waals surface area contributed by atoms with Crippen LogP contribution >= 0.6 is 0 Å². The number of hydrogen-bond donors (Lipinski definition) is 2. The van der Waals surface area contributed by atoms with Crippen molar-refractivity contribution in [2.45, 2.75) is 56.4 Å². The van der Waals surface area contributed by atoms with Crippen molar-refractivity contribution in [2.75, 3.05) is 13.2 Å². The average molecular weight is 288 g/mol. The van der Waals surface area contributed by atoms with Crippen molar-refractivity contribution < 1.29 is 4.74 Å². The first-order chi connectivity index (χ1) is 10.4. The van der Waals surface area contributed by atoms with E-state index in [1.54, 1.807) is 0 Å². The Hall–Kier alpha value is -0.900. The van der Waals surface area contributed by atoms with Gasteiger partial charge < -0.3 is 4.74 Å². The van der Waals surface area contributed by atoms with Gasteiger partial charge in [-0.3, -0.25) is 11.3 Å². The normalized spacial score (nSPS) is 24.6. The van der Waals surface area contributed by atoms with E-state index in [4.69, 9.17) is 10.6 Å². The predicted octanol–water partition coefficient (Wildman–Crippen LogP) is 3.15. The van der Waals surface area contributed by atoms with E-state index in [1.165, 1.54) is 37.7 Å². The highest BCUT2D eigenvalue weighted by molar-refractivity contribution is 5.29. The Balaban J connectivity index is 1.93. The SMILES string of the molecule is NNC(C1CCCCC1)C1(c2ccccc2)CCOCC1. The molecule has 3 N–H and O–H groups in total. The van der Waals surface area contributed by atoms with Gasteiger partial charge in [-0.15, -0.1) is 0 Å². The van der Waals surface area contributed by atoms with Crippen LogP contribution in [0, 0.1) is 5.92 Å². The topological polar surface area (TPSA) is 47.3 Å². The van der Waals surface area contributed by atoms with E-state index in [9.17, 15) is 0 Å². The molecule has 0 amide bonds. The summed E-state index contributed by atoms with van der Waals surface area (Å²) in [5, 5.41) is 0. The summed E-state index contributed by atoms with van der Waals surface area (Å²) in [6.07, 6.45) is 8.85. The number of ether oxygens (including phenoxy) is 1. The molecule has 1 aromatic carbocycles. The molecule has 1 aliphatic heterocycles. The molecule has 1 saturated carbocycles. The second-order valence-electron chi connectivity index (χ2n) is 6.68. The van der Waals surface area contributed by atoms with E-state index >= 15 is 0 Å². The summed E-state index contributed by atoms with van der Waals surface area (Å²) in [5.41, 5.74) is 4.79. The second-order valence-corrected chi connectivity index (χ2v) is 6.68. The molecular weight excluding hydrogens is 260 g/mol. The summed E-state index contributed by atoms with van der Waals surface area (Å²) in [6.45, 7) is 1.69. The zero-order chi connectivity index (χ0) is 14.5. The summed E-state index contributed by atoms with van der Waals surface area (Å²) < 4.78 is 5.66. The molecule has 2 fully saturated rings. The van der Waals surface area contributed by atoms with Crippen LogP contribution < -0.4 is 11.3 Å². The zero-order valence-corrected chi connectivity index (χ0v) is 12.9. The van der Waals surface area contributed by atoms with Gasteiger partial charge in [0.1, 0.15) is 0 Å². The minimum absolute atomic E-state index is 0.135. The molecule has 0 bridgehead atoms. The molecule has 0 radical (unpaired) electrons. The molecule has 3 heteroatoms. The Morgan fingerprint density at radius 2 is 1.71 bits per heavy atom. The van der Waals surface area contributed by atoms with E-state index in [2.05, 4.69) is 35.8 Å². The van der Waals surface area contributed by atoms with Crippen LogP contribution in [0.15, 0.2) is 30.3 Å². The number of nitrogens with one attached hydrogen (secondary N) is 1. The largest absolute Gasteiger partial charge is 0.381 e. The van der Waals surface area contributed by atoms with E-state index < -0.39 is 0 Å². The number of rotatable bonds is 4. The number of nitrogens with two attached hydrogens (primary N) is 1. The van der Waals surface area contributed by atoms with E-state index in [1.807, 2.05) is 0 Å². The van der Waals surface area contributed by atoms with Crippen molar-refractivity contribution in [3.63, 3.8) is 0 Å². The summed E-state index contributed by atoms with van der Waals surface area (Å²) in [7, 11) is 0. The minimum Gasteiger partial charge on any atom is -0.381 e. The zero-order valence-electron chi connectivity index (χ0n) is 12.9. The van der Waals surface area contributed by atoms with Gasteiger partial charge in [0, 0.05) is 24.7 Å². The quantitative estimate of drug-likeness (QED) is 0.661. The summed E-state index contributed by atoms with van der Waals surface area (Å²) >= 11 is 0. The molecule has 1 saturated heterocycles. The van der Waals surface area contributed by atoms with Gasteiger partial charge >= 0.3 is 0 Å². The fourth-order valence-corrected chi connectivity index (χ4v) is 4.50. The van der Waals surface area contributed by atoms with Gasteiger partial charge in [-0.25, -0.2) is 0 Å². The molecule has 3 nitrogen and oxygen atoms in total. The summed E-state index contributed by atoms with van der Waals surface area (Å²) in [6, 6.07) is 11.3. The van der Waals surface area contributed by atoms with Crippen molar-refractivity contribution in [3.05, 3.63) is 35.9 Å². The molecule has 116 valence electrons. The Kier molecular flexibility index (Phi) is 4.94. The molecule has 1 aromatic rings. The average Bonchev–Trinajstić information content (AvgIpc) is 2.58. The molecule has 1 heterocycles. The Labute approximate surface area is 128 Å². The second kappa shape index (κ2) is 6.91. The maximum atomic E-state index is 6.07. The Morgan fingerprint density at radius 3 is 2.33 bits per heavy atom. The third-order valence-corrected chi connectivity index (χ3v) is 5.63. The highest BCUT2D eigenvalue weighted by atomic mass is 16.5. The van der Waals surface area contributed by atoms with Crippen LogP contribution in [0.25, 0.3) is 0 Å². The van der Waals surface area contributed by atoms with Gasteiger partial charge in [0.15, 0.2) is 0 Å². The van der Waals surface area contributed by atoms with Crippen molar-refractivity contribution in [2.24, 2.45) is 11.8 Å². The van der Waals surface area contributed by atoms with Crippen molar-refractivity contribution in [1.29, 1.82) is 0 Å². The van der Waals surface area contributed by atoms with Gasteiger partial charge in [0.05, 0.1) is 0 Å². The minimum atomic E-state index is 0.135. The number of hydrazine groups is 1. The lowest BCUT2D eigenvalue weighted by molar-refractivity contribution is 0.0193. The van der Waals surface area contributed by atoms with Crippen LogP contribution in [0.3, 0.4) is 0 Å². The van der Waals surface area contributed by atoms with E-state index in [0.29, 0.717) is 12.0 Å². The summed E-state index contributed by atoms with van der Waals surface area (Å²) in [5.74, 6) is 6.76. The lowest BCUT2D eigenvalue weighted by atomic mass is 9.63. The van der Waals surface area contributed by atoms with Crippen LogP contribution in [0.4, 0.5) is 0 Å². The first-order valence-electron chi connectivity index (χ1n) is 8.46. The monoisotopic (exact) mass is 288 g/mol. The number of benzene rings is 1. The Bertz CT molecular complexity index is 422. The van der Waals surface area contributed by atoms with Crippen LogP contribution in [0.1, 0.15) is 50.5 Å². The van der Waals surface area contributed by atoms with Crippen molar-refractivity contribution in [3.8, 4) is 0 Å². The molecular formula is C18H28N2O. The predicted molar refractivity (Wildman–Crippen MR) is 85.9 cm³/mol.